The average Bonchev–Trinajstić information content (AvgIpc) is 2.39. The van der Waals surface area contributed by atoms with Gasteiger partial charge in [-0.1, -0.05) is 46.5 Å². The molecule has 0 aromatic rings. The van der Waals surface area contributed by atoms with Crippen LogP contribution in [0.2, 0.25) is 0 Å². The molecule has 1 rings (SSSR count). The van der Waals surface area contributed by atoms with Crippen LogP contribution >= 0.6 is 0 Å². The monoisotopic (exact) mass is 154 g/mol. The van der Waals surface area contributed by atoms with Crippen LogP contribution in [0.25, 0.3) is 0 Å². The van der Waals surface area contributed by atoms with E-state index in [0.717, 1.165) is 17.8 Å². The van der Waals surface area contributed by atoms with Crippen LogP contribution in [0.4, 0.5) is 0 Å². The predicted molar refractivity (Wildman–Crippen MR) is 50.6 cm³/mol. The minimum atomic E-state index is 0.885. The molecule has 1 aliphatic rings. The molecule has 0 saturated heterocycles. The van der Waals surface area contributed by atoms with E-state index in [2.05, 4.69) is 20.8 Å². The van der Waals surface area contributed by atoms with Crippen molar-refractivity contribution in [2.45, 2.75) is 52.9 Å². The molecule has 0 N–H and O–H groups in total. The minimum absolute atomic E-state index is 0.885. The lowest BCUT2D eigenvalue weighted by Crippen LogP contribution is -2.08. The maximum Gasteiger partial charge on any atom is -0.0412 e. The molecule has 0 spiro atoms. The second kappa shape index (κ2) is 4.13. The Labute approximate surface area is 71.4 Å². The van der Waals surface area contributed by atoms with Gasteiger partial charge in [-0.3, -0.25) is 0 Å². The van der Waals surface area contributed by atoms with E-state index in [1.807, 2.05) is 0 Å². The van der Waals surface area contributed by atoms with Crippen molar-refractivity contribution >= 4 is 0 Å². The van der Waals surface area contributed by atoms with Gasteiger partial charge in [-0.15, -0.1) is 0 Å². The third-order valence-corrected chi connectivity index (χ3v) is 3.32. The molecule has 11 heavy (non-hydrogen) atoms. The summed E-state index contributed by atoms with van der Waals surface area (Å²) in [5.41, 5.74) is 0. The Morgan fingerprint density at radius 3 is 2.09 bits per heavy atom. The van der Waals surface area contributed by atoms with E-state index in [1.54, 1.807) is 0 Å². The third kappa shape index (κ3) is 2.84. The molecule has 1 saturated carbocycles. The SMILES string of the molecule is CC(C)C(C)CC1CCCC1. The van der Waals surface area contributed by atoms with Gasteiger partial charge in [0.15, 0.2) is 0 Å². The molecule has 0 aliphatic heterocycles. The Balaban J connectivity index is 2.18. The molecule has 1 unspecified atom stereocenters. The molecule has 0 radical (unpaired) electrons. The summed E-state index contributed by atoms with van der Waals surface area (Å²) in [6.45, 7) is 7.10. The predicted octanol–water partition coefficient (Wildman–Crippen LogP) is 3.86. The molecule has 1 atom stereocenters. The highest BCUT2D eigenvalue weighted by atomic mass is 14.2. The lowest BCUT2D eigenvalue weighted by molar-refractivity contribution is 0.322. The lowest BCUT2D eigenvalue weighted by Gasteiger charge is -2.19. The van der Waals surface area contributed by atoms with Crippen molar-refractivity contribution in [1.82, 2.24) is 0 Å². The molecule has 0 heterocycles. The Bertz CT molecular complexity index is 98.6. The van der Waals surface area contributed by atoms with Crippen molar-refractivity contribution in [3.05, 3.63) is 0 Å². The van der Waals surface area contributed by atoms with Crippen LogP contribution in [0.5, 0.6) is 0 Å². The lowest BCUT2D eigenvalue weighted by atomic mass is 9.87. The van der Waals surface area contributed by atoms with Gasteiger partial charge in [0.25, 0.3) is 0 Å². The van der Waals surface area contributed by atoms with Crippen LogP contribution in [-0.2, 0) is 0 Å². The van der Waals surface area contributed by atoms with Gasteiger partial charge in [0.1, 0.15) is 0 Å². The van der Waals surface area contributed by atoms with Gasteiger partial charge in [0.05, 0.1) is 0 Å². The second-order valence-electron chi connectivity index (χ2n) is 4.61. The summed E-state index contributed by atoms with van der Waals surface area (Å²) in [7, 11) is 0. The first kappa shape index (κ1) is 9.09. The van der Waals surface area contributed by atoms with Gasteiger partial charge in [-0.25, -0.2) is 0 Å². The van der Waals surface area contributed by atoms with E-state index in [-0.39, 0.29) is 0 Å². The van der Waals surface area contributed by atoms with Gasteiger partial charge < -0.3 is 0 Å². The second-order valence-corrected chi connectivity index (χ2v) is 4.61. The summed E-state index contributed by atoms with van der Waals surface area (Å²) in [5, 5.41) is 0. The van der Waals surface area contributed by atoms with Crippen LogP contribution in [0.15, 0.2) is 0 Å². The van der Waals surface area contributed by atoms with Gasteiger partial charge in [0, 0.05) is 0 Å². The van der Waals surface area contributed by atoms with Crippen LogP contribution in [0, 0.1) is 17.8 Å². The molecule has 0 nitrogen and oxygen atoms in total. The average molecular weight is 154 g/mol. The largest absolute Gasteiger partial charge is 0.0625 e. The zero-order valence-corrected chi connectivity index (χ0v) is 8.27. The van der Waals surface area contributed by atoms with Crippen LogP contribution in [-0.4, -0.2) is 0 Å². The first-order valence-electron chi connectivity index (χ1n) is 5.20. The van der Waals surface area contributed by atoms with Crippen LogP contribution in [0.3, 0.4) is 0 Å². The zero-order chi connectivity index (χ0) is 8.27. The van der Waals surface area contributed by atoms with Crippen molar-refractivity contribution in [1.29, 1.82) is 0 Å². The van der Waals surface area contributed by atoms with Crippen molar-refractivity contribution < 1.29 is 0 Å². The number of hydrogen-bond donors (Lipinski definition) is 0. The van der Waals surface area contributed by atoms with Crippen molar-refractivity contribution in [3.63, 3.8) is 0 Å². The quantitative estimate of drug-likeness (QED) is 0.579. The van der Waals surface area contributed by atoms with Crippen LogP contribution in [0.1, 0.15) is 52.9 Å². The highest BCUT2D eigenvalue weighted by Gasteiger charge is 2.18. The standard InChI is InChI=1S/C11H22/c1-9(2)10(3)8-11-6-4-5-7-11/h9-11H,4-8H2,1-3H3. The topological polar surface area (TPSA) is 0 Å². The van der Waals surface area contributed by atoms with E-state index in [9.17, 15) is 0 Å². The normalized spacial score (nSPS) is 22.9. The molecular formula is C11H22. The summed E-state index contributed by atoms with van der Waals surface area (Å²) in [6.07, 6.45) is 7.50. The van der Waals surface area contributed by atoms with Gasteiger partial charge in [-0.05, 0) is 24.2 Å². The highest BCUT2D eigenvalue weighted by Crippen LogP contribution is 2.32. The van der Waals surface area contributed by atoms with Crippen molar-refractivity contribution in [2.75, 3.05) is 0 Å². The molecule has 0 heteroatoms. The van der Waals surface area contributed by atoms with E-state index < -0.39 is 0 Å². The first-order chi connectivity index (χ1) is 5.20. The van der Waals surface area contributed by atoms with E-state index in [0.29, 0.717) is 0 Å². The van der Waals surface area contributed by atoms with Crippen molar-refractivity contribution in [2.24, 2.45) is 17.8 Å². The fraction of sp³-hybridized carbons (Fsp3) is 1.00. The first-order valence-corrected chi connectivity index (χ1v) is 5.20. The summed E-state index contributed by atoms with van der Waals surface area (Å²) in [5.74, 6) is 2.90. The molecule has 0 amide bonds. The maximum atomic E-state index is 2.41. The Kier molecular flexibility index (Phi) is 3.42. The maximum absolute atomic E-state index is 2.41. The summed E-state index contributed by atoms with van der Waals surface area (Å²) < 4.78 is 0. The molecule has 0 aromatic carbocycles. The van der Waals surface area contributed by atoms with Gasteiger partial charge in [0.2, 0.25) is 0 Å². The number of rotatable bonds is 3. The number of hydrogen-bond acceptors (Lipinski definition) is 0. The Morgan fingerprint density at radius 2 is 1.64 bits per heavy atom. The molecular weight excluding hydrogens is 132 g/mol. The molecule has 1 fully saturated rings. The highest BCUT2D eigenvalue weighted by molar-refractivity contribution is 4.70. The molecule has 1 aliphatic carbocycles. The van der Waals surface area contributed by atoms with E-state index >= 15 is 0 Å². The minimum Gasteiger partial charge on any atom is -0.0625 e. The third-order valence-electron chi connectivity index (χ3n) is 3.32. The zero-order valence-electron chi connectivity index (χ0n) is 8.27. The fourth-order valence-corrected chi connectivity index (χ4v) is 2.04. The molecule has 0 aromatic heterocycles. The van der Waals surface area contributed by atoms with Crippen molar-refractivity contribution in [3.8, 4) is 0 Å². The van der Waals surface area contributed by atoms with E-state index in [4.69, 9.17) is 0 Å². The molecule has 66 valence electrons. The summed E-state index contributed by atoms with van der Waals surface area (Å²) in [6, 6.07) is 0. The summed E-state index contributed by atoms with van der Waals surface area (Å²) in [4.78, 5) is 0. The summed E-state index contributed by atoms with van der Waals surface area (Å²) >= 11 is 0. The Hall–Kier alpha value is 0. The fourth-order valence-electron chi connectivity index (χ4n) is 2.04. The Morgan fingerprint density at radius 1 is 1.09 bits per heavy atom. The molecule has 0 bridgehead atoms. The van der Waals surface area contributed by atoms with E-state index in [1.165, 1.54) is 32.1 Å². The van der Waals surface area contributed by atoms with Crippen LogP contribution < -0.4 is 0 Å². The van der Waals surface area contributed by atoms with Gasteiger partial charge in [-0.2, -0.15) is 0 Å². The van der Waals surface area contributed by atoms with Gasteiger partial charge >= 0.3 is 0 Å². The smallest absolute Gasteiger partial charge is 0.0412 e.